The number of nitrogens with zero attached hydrogens (tertiary/aromatic N) is 3. The Hall–Kier alpha value is -2.89. The number of hydrogen-bond acceptors (Lipinski definition) is 8. The lowest BCUT2D eigenvalue weighted by atomic mass is 9.78. The summed E-state index contributed by atoms with van der Waals surface area (Å²) in [5, 5.41) is 0. The van der Waals surface area contributed by atoms with E-state index in [-0.39, 0.29) is 14.0 Å². The molecule has 1 fully saturated rings. The number of carbonyl (C=O) groups is 2. The second kappa shape index (κ2) is 14.5. The highest BCUT2D eigenvalue weighted by Crippen LogP contribution is 2.44. The van der Waals surface area contributed by atoms with Crippen LogP contribution in [-0.4, -0.2) is 101 Å². The van der Waals surface area contributed by atoms with Crippen LogP contribution in [0.4, 0.5) is 13.2 Å². The van der Waals surface area contributed by atoms with Gasteiger partial charge in [0, 0.05) is 63.4 Å². The highest BCUT2D eigenvalue weighted by molar-refractivity contribution is 5.92. The zero-order chi connectivity index (χ0) is 27.9. The lowest BCUT2D eigenvalue weighted by molar-refractivity contribution is -0.138. The number of alkyl halides is 3. The van der Waals surface area contributed by atoms with Crippen molar-refractivity contribution in [1.29, 1.82) is 0 Å². The van der Waals surface area contributed by atoms with Gasteiger partial charge in [0.2, 0.25) is 0 Å². The van der Waals surface area contributed by atoms with E-state index >= 15 is 0 Å². The molecule has 11 heteroatoms. The third-order valence-electron chi connectivity index (χ3n) is 6.98. The standard InChI is InChI=1S/C27H36F3N3O5.CH4/c1-31(2)11-9-22-21(17-38-18-34)24(19-5-7-20(8-6-19)27(28,29)30)25(26(35)36-4)23(32(22)3)10-12-33-13-15-37-16-14-33;/h5-8,18,24H,9-17H2,1-4H3;1H4. The lowest BCUT2D eigenvalue weighted by Crippen LogP contribution is -2.39. The Morgan fingerprint density at radius 3 is 2.31 bits per heavy atom. The predicted molar refractivity (Wildman–Crippen MR) is 142 cm³/mol. The molecule has 1 aromatic rings. The summed E-state index contributed by atoms with van der Waals surface area (Å²) in [6.45, 7) is 4.37. The van der Waals surface area contributed by atoms with Gasteiger partial charge in [0.1, 0.15) is 6.61 Å². The summed E-state index contributed by atoms with van der Waals surface area (Å²) >= 11 is 0. The molecule has 0 aromatic heterocycles. The normalized spacial score (nSPS) is 18.8. The Kier molecular flexibility index (Phi) is 12.0. The predicted octanol–water partition coefficient (Wildman–Crippen LogP) is 3.90. The summed E-state index contributed by atoms with van der Waals surface area (Å²) in [5.41, 5.74) is 2.26. The Balaban J connectivity index is 0.00000533. The molecule has 39 heavy (non-hydrogen) atoms. The lowest BCUT2D eigenvalue weighted by Gasteiger charge is -2.40. The molecule has 0 aliphatic carbocycles. The third-order valence-corrected chi connectivity index (χ3v) is 6.98. The van der Waals surface area contributed by atoms with Gasteiger partial charge in [-0.3, -0.25) is 9.69 Å². The summed E-state index contributed by atoms with van der Waals surface area (Å²) in [6, 6.07) is 4.78. The number of morpholine rings is 1. The molecule has 1 aromatic carbocycles. The number of hydrogen-bond donors (Lipinski definition) is 0. The Morgan fingerprint density at radius 1 is 1.13 bits per heavy atom. The number of benzene rings is 1. The number of esters is 1. The van der Waals surface area contributed by atoms with Gasteiger partial charge in [0.15, 0.2) is 0 Å². The van der Waals surface area contributed by atoms with E-state index in [1.165, 1.54) is 19.2 Å². The largest absolute Gasteiger partial charge is 0.466 e. The fraction of sp³-hybridized carbons (Fsp3) is 0.571. The van der Waals surface area contributed by atoms with Crippen LogP contribution in [-0.2, 0) is 30.0 Å². The van der Waals surface area contributed by atoms with E-state index in [4.69, 9.17) is 14.2 Å². The molecule has 1 atom stereocenters. The van der Waals surface area contributed by atoms with Crippen molar-refractivity contribution in [3.05, 3.63) is 57.9 Å². The molecule has 2 aliphatic heterocycles. The first kappa shape index (κ1) is 32.3. The first-order chi connectivity index (χ1) is 18.1. The van der Waals surface area contributed by atoms with Crippen molar-refractivity contribution in [3.63, 3.8) is 0 Å². The van der Waals surface area contributed by atoms with E-state index in [9.17, 15) is 22.8 Å². The zero-order valence-corrected chi connectivity index (χ0v) is 22.3. The van der Waals surface area contributed by atoms with Crippen molar-refractivity contribution in [2.75, 3.05) is 74.3 Å². The Bertz CT molecular complexity index is 1030. The van der Waals surface area contributed by atoms with Crippen molar-refractivity contribution < 1.29 is 37.0 Å². The van der Waals surface area contributed by atoms with Crippen LogP contribution in [0.15, 0.2) is 46.8 Å². The zero-order valence-electron chi connectivity index (χ0n) is 22.3. The van der Waals surface area contributed by atoms with Crippen LogP contribution in [0.25, 0.3) is 0 Å². The van der Waals surface area contributed by atoms with Crippen LogP contribution < -0.4 is 0 Å². The van der Waals surface area contributed by atoms with E-state index in [1.54, 1.807) is 0 Å². The SMILES string of the molecule is C.COC(=O)C1=C(CCN2CCOCC2)N(C)C(CCN(C)C)=C(COC=O)C1c1ccc(C(F)(F)F)cc1. The molecule has 1 saturated heterocycles. The summed E-state index contributed by atoms with van der Waals surface area (Å²) in [7, 11) is 7.03. The molecule has 0 bridgehead atoms. The van der Waals surface area contributed by atoms with Crippen molar-refractivity contribution in [2.24, 2.45) is 0 Å². The van der Waals surface area contributed by atoms with Crippen LogP contribution in [0.2, 0.25) is 0 Å². The van der Waals surface area contributed by atoms with E-state index in [0.717, 1.165) is 36.6 Å². The third kappa shape index (κ3) is 8.06. The molecule has 2 aliphatic rings. The summed E-state index contributed by atoms with van der Waals surface area (Å²) in [4.78, 5) is 30.7. The Morgan fingerprint density at radius 2 is 1.77 bits per heavy atom. The molecule has 3 rings (SSSR count). The molecule has 0 amide bonds. The molecule has 1 unspecified atom stereocenters. The van der Waals surface area contributed by atoms with Gasteiger partial charge in [-0.25, -0.2) is 4.79 Å². The topological polar surface area (TPSA) is 71.6 Å². The van der Waals surface area contributed by atoms with E-state index in [1.807, 2.05) is 30.9 Å². The van der Waals surface area contributed by atoms with Gasteiger partial charge in [0.25, 0.3) is 6.47 Å². The maximum absolute atomic E-state index is 13.3. The van der Waals surface area contributed by atoms with Crippen LogP contribution in [0, 0.1) is 0 Å². The maximum atomic E-state index is 13.3. The quantitative estimate of drug-likeness (QED) is 0.301. The summed E-state index contributed by atoms with van der Waals surface area (Å²) in [6.07, 6.45) is -3.40. The van der Waals surface area contributed by atoms with Crippen molar-refractivity contribution in [1.82, 2.24) is 14.7 Å². The van der Waals surface area contributed by atoms with Crippen LogP contribution in [0.3, 0.4) is 0 Å². The van der Waals surface area contributed by atoms with Gasteiger partial charge >= 0.3 is 12.1 Å². The molecular weight excluding hydrogens is 515 g/mol. The minimum Gasteiger partial charge on any atom is -0.466 e. The number of ether oxygens (including phenoxy) is 3. The number of methoxy groups -OCH3 is 1. The maximum Gasteiger partial charge on any atom is 0.416 e. The first-order valence-corrected chi connectivity index (χ1v) is 12.5. The molecule has 2 heterocycles. The van der Waals surface area contributed by atoms with Gasteiger partial charge in [-0.15, -0.1) is 0 Å². The number of rotatable bonds is 11. The van der Waals surface area contributed by atoms with Gasteiger partial charge in [0.05, 0.1) is 31.5 Å². The molecule has 218 valence electrons. The summed E-state index contributed by atoms with van der Waals surface area (Å²) in [5.74, 6) is -1.31. The van der Waals surface area contributed by atoms with E-state index in [0.29, 0.717) is 62.3 Å². The first-order valence-electron chi connectivity index (χ1n) is 12.5. The second-order valence-electron chi connectivity index (χ2n) is 9.60. The van der Waals surface area contributed by atoms with Crippen LogP contribution >= 0.6 is 0 Å². The van der Waals surface area contributed by atoms with Gasteiger partial charge < -0.3 is 24.0 Å². The minimum absolute atomic E-state index is 0. The minimum atomic E-state index is -4.49. The highest BCUT2D eigenvalue weighted by Gasteiger charge is 2.39. The van der Waals surface area contributed by atoms with Gasteiger partial charge in [-0.2, -0.15) is 13.2 Å². The van der Waals surface area contributed by atoms with Crippen LogP contribution in [0.5, 0.6) is 0 Å². The smallest absolute Gasteiger partial charge is 0.416 e. The molecule has 0 N–H and O–H groups in total. The van der Waals surface area contributed by atoms with Crippen LogP contribution in [0.1, 0.15) is 37.3 Å². The van der Waals surface area contributed by atoms with E-state index in [2.05, 4.69) is 4.90 Å². The van der Waals surface area contributed by atoms with Crippen molar-refractivity contribution in [2.45, 2.75) is 32.4 Å². The monoisotopic (exact) mass is 555 g/mol. The number of halogens is 3. The van der Waals surface area contributed by atoms with E-state index < -0.39 is 23.6 Å². The average Bonchev–Trinajstić information content (AvgIpc) is 2.89. The highest BCUT2D eigenvalue weighted by atomic mass is 19.4. The number of carbonyl (C=O) groups excluding carboxylic acids is 2. The second-order valence-corrected chi connectivity index (χ2v) is 9.60. The molecule has 8 nitrogen and oxygen atoms in total. The molecular formula is C28H40F3N3O5. The fourth-order valence-electron chi connectivity index (χ4n) is 4.98. The molecule has 0 saturated carbocycles. The molecule has 0 spiro atoms. The fourth-order valence-corrected chi connectivity index (χ4v) is 4.98. The van der Waals surface area contributed by atoms with Gasteiger partial charge in [-0.1, -0.05) is 19.6 Å². The summed E-state index contributed by atoms with van der Waals surface area (Å²) < 4.78 is 55.8. The van der Waals surface area contributed by atoms with Crippen molar-refractivity contribution in [3.8, 4) is 0 Å². The molecule has 0 radical (unpaired) electrons. The Labute approximate surface area is 229 Å². The average molecular weight is 556 g/mol. The van der Waals surface area contributed by atoms with Crippen molar-refractivity contribution >= 4 is 12.4 Å². The van der Waals surface area contributed by atoms with Gasteiger partial charge in [-0.05, 0) is 37.4 Å².